The highest BCUT2D eigenvalue weighted by Crippen LogP contribution is 2.34. The molecule has 1 unspecified atom stereocenters. The average Bonchev–Trinajstić information content (AvgIpc) is 2.85. The van der Waals surface area contributed by atoms with Gasteiger partial charge in [-0.15, -0.1) is 11.3 Å². The lowest BCUT2D eigenvalue weighted by Gasteiger charge is -2.21. The van der Waals surface area contributed by atoms with Gasteiger partial charge < -0.3 is 10.1 Å². The highest BCUT2D eigenvalue weighted by Gasteiger charge is 2.26. The second-order valence-corrected chi connectivity index (χ2v) is 6.05. The van der Waals surface area contributed by atoms with Gasteiger partial charge in [0.15, 0.2) is 0 Å². The Morgan fingerprint density at radius 3 is 3.26 bits per heavy atom. The number of ether oxygens (including phenoxy) is 1. The van der Waals surface area contributed by atoms with Crippen LogP contribution < -0.4 is 5.32 Å². The summed E-state index contributed by atoms with van der Waals surface area (Å²) in [7, 11) is 0. The van der Waals surface area contributed by atoms with Gasteiger partial charge in [0.25, 0.3) is 0 Å². The Morgan fingerprint density at radius 2 is 2.47 bits per heavy atom. The van der Waals surface area contributed by atoms with Crippen LogP contribution in [0, 0.1) is 0 Å². The van der Waals surface area contributed by atoms with E-state index in [4.69, 9.17) is 4.74 Å². The molecular weight excluding hydrogens is 258 g/mol. The van der Waals surface area contributed by atoms with Gasteiger partial charge in [0.1, 0.15) is 0 Å². The average molecular weight is 279 g/mol. The van der Waals surface area contributed by atoms with Crippen molar-refractivity contribution in [2.45, 2.75) is 32.1 Å². The maximum atomic E-state index is 12.2. The van der Waals surface area contributed by atoms with Gasteiger partial charge >= 0.3 is 0 Å². The number of hydrogen-bond donors (Lipinski definition) is 1. The fraction of sp³-hybridized carbons (Fsp3) is 0.533. The molecule has 1 atom stereocenters. The molecule has 0 fully saturated rings. The van der Waals surface area contributed by atoms with Crippen molar-refractivity contribution in [1.29, 1.82) is 0 Å². The minimum absolute atomic E-state index is 0.0381. The number of carbonyl (C=O) groups is 1. The summed E-state index contributed by atoms with van der Waals surface area (Å²) in [4.78, 5) is 13.6. The molecule has 0 spiro atoms. The van der Waals surface area contributed by atoms with Gasteiger partial charge in [-0.2, -0.15) is 0 Å². The summed E-state index contributed by atoms with van der Waals surface area (Å²) in [6.45, 7) is 7.38. The fourth-order valence-corrected chi connectivity index (χ4v) is 3.36. The maximum Gasteiger partial charge on any atom is 0.227 e. The van der Waals surface area contributed by atoms with Crippen molar-refractivity contribution in [2.75, 3.05) is 19.8 Å². The van der Waals surface area contributed by atoms with Crippen molar-refractivity contribution < 1.29 is 9.53 Å². The number of carbonyl (C=O) groups excluding carboxylic acids is 1. The number of rotatable bonds is 6. The van der Waals surface area contributed by atoms with Gasteiger partial charge in [0.2, 0.25) is 5.91 Å². The number of nitrogens with one attached hydrogen (secondary N) is 1. The molecule has 2 rings (SSSR count). The van der Waals surface area contributed by atoms with E-state index in [9.17, 15) is 4.79 Å². The number of thiophene rings is 1. The molecule has 19 heavy (non-hydrogen) atoms. The zero-order chi connectivity index (χ0) is 13.7. The van der Waals surface area contributed by atoms with Gasteiger partial charge in [0, 0.05) is 11.4 Å². The van der Waals surface area contributed by atoms with Gasteiger partial charge in [-0.05, 0) is 43.2 Å². The predicted octanol–water partition coefficient (Wildman–Crippen LogP) is 2.88. The highest BCUT2D eigenvalue weighted by molar-refractivity contribution is 7.10. The van der Waals surface area contributed by atoms with Crippen molar-refractivity contribution in [3.63, 3.8) is 0 Å². The Balaban J connectivity index is 1.77. The molecule has 1 amide bonds. The molecule has 1 aromatic heterocycles. The van der Waals surface area contributed by atoms with E-state index >= 15 is 0 Å². The first kappa shape index (κ1) is 14.3. The van der Waals surface area contributed by atoms with Crippen molar-refractivity contribution in [3.05, 3.63) is 34.0 Å². The molecule has 0 saturated heterocycles. The Bertz CT molecular complexity index is 453. The van der Waals surface area contributed by atoms with Crippen LogP contribution in [0.4, 0.5) is 0 Å². The van der Waals surface area contributed by atoms with Crippen LogP contribution in [0.2, 0.25) is 0 Å². The molecule has 4 heteroatoms. The summed E-state index contributed by atoms with van der Waals surface area (Å²) in [6.07, 6.45) is 3.19. The van der Waals surface area contributed by atoms with E-state index in [1.807, 2.05) is 6.92 Å². The van der Waals surface area contributed by atoms with E-state index in [1.165, 1.54) is 10.4 Å². The third kappa shape index (κ3) is 3.91. The van der Waals surface area contributed by atoms with Gasteiger partial charge in [-0.1, -0.05) is 12.2 Å². The minimum Gasteiger partial charge on any atom is -0.375 e. The standard InChI is InChI=1S/C15H21NO2S/c1-11(2)10-18-8-7-16-15(17)13-4-3-5-14-12(13)6-9-19-14/h6,9,13H,1,3-5,7-8,10H2,2H3,(H,16,17). The van der Waals surface area contributed by atoms with E-state index in [0.717, 1.165) is 24.8 Å². The molecule has 0 aromatic carbocycles. The number of aryl methyl sites for hydroxylation is 1. The summed E-state index contributed by atoms with van der Waals surface area (Å²) >= 11 is 1.77. The smallest absolute Gasteiger partial charge is 0.227 e. The van der Waals surface area contributed by atoms with Crippen LogP contribution in [-0.4, -0.2) is 25.7 Å². The Kier molecular flexibility index (Phi) is 5.16. The van der Waals surface area contributed by atoms with Crippen LogP contribution >= 0.6 is 11.3 Å². The van der Waals surface area contributed by atoms with E-state index in [2.05, 4.69) is 23.3 Å². The highest BCUT2D eigenvalue weighted by atomic mass is 32.1. The zero-order valence-electron chi connectivity index (χ0n) is 11.4. The summed E-state index contributed by atoms with van der Waals surface area (Å²) in [6, 6.07) is 2.10. The molecule has 1 aliphatic rings. The second kappa shape index (κ2) is 6.87. The first-order valence-corrected chi connectivity index (χ1v) is 7.62. The summed E-state index contributed by atoms with van der Waals surface area (Å²) in [5.41, 5.74) is 2.23. The minimum atomic E-state index is 0.0381. The molecule has 3 nitrogen and oxygen atoms in total. The third-order valence-electron chi connectivity index (χ3n) is 3.26. The normalized spacial score (nSPS) is 17.8. The van der Waals surface area contributed by atoms with Crippen molar-refractivity contribution >= 4 is 17.2 Å². The topological polar surface area (TPSA) is 38.3 Å². The molecule has 0 aliphatic heterocycles. The molecule has 0 bridgehead atoms. The predicted molar refractivity (Wildman–Crippen MR) is 78.6 cm³/mol. The number of hydrogen-bond acceptors (Lipinski definition) is 3. The first-order chi connectivity index (χ1) is 9.18. The van der Waals surface area contributed by atoms with E-state index in [-0.39, 0.29) is 11.8 Å². The van der Waals surface area contributed by atoms with E-state index < -0.39 is 0 Å². The third-order valence-corrected chi connectivity index (χ3v) is 4.26. The van der Waals surface area contributed by atoms with Gasteiger partial charge in [0.05, 0.1) is 19.1 Å². The largest absolute Gasteiger partial charge is 0.375 e. The lowest BCUT2D eigenvalue weighted by atomic mass is 9.87. The zero-order valence-corrected chi connectivity index (χ0v) is 12.2. The Labute approximate surface area is 118 Å². The van der Waals surface area contributed by atoms with Crippen molar-refractivity contribution in [1.82, 2.24) is 5.32 Å². The van der Waals surface area contributed by atoms with Crippen LogP contribution in [0.1, 0.15) is 36.1 Å². The van der Waals surface area contributed by atoms with E-state index in [1.54, 1.807) is 11.3 Å². The molecular formula is C15H21NO2S. The van der Waals surface area contributed by atoms with Crippen molar-refractivity contribution in [3.8, 4) is 0 Å². The van der Waals surface area contributed by atoms with E-state index in [0.29, 0.717) is 19.8 Å². The summed E-state index contributed by atoms with van der Waals surface area (Å²) in [5, 5.41) is 5.06. The molecule has 104 valence electrons. The quantitative estimate of drug-likeness (QED) is 0.642. The number of amides is 1. The Morgan fingerprint density at radius 1 is 1.63 bits per heavy atom. The molecule has 1 heterocycles. The van der Waals surface area contributed by atoms with Gasteiger partial charge in [-0.3, -0.25) is 4.79 Å². The molecule has 0 saturated carbocycles. The van der Waals surface area contributed by atoms with Gasteiger partial charge in [-0.25, -0.2) is 0 Å². The van der Waals surface area contributed by atoms with Crippen molar-refractivity contribution in [2.24, 2.45) is 0 Å². The van der Waals surface area contributed by atoms with Crippen LogP contribution in [0.25, 0.3) is 0 Å². The van der Waals surface area contributed by atoms with Crippen LogP contribution in [0.15, 0.2) is 23.6 Å². The lowest BCUT2D eigenvalue weighted by Crippen LogP contribution is -2.33. The first-order valence-electron chi connectivity index (χ1n) is 6.74. The SMILES string of the molecule is C=C(C)COCCNC(=O)C1CCCc2sccc21. The molecule has 0 radical (unpaired) electrons. The number of fused-ring (bicyclic) bond motifs is 1. The molecule has 1 N–H and O–H groups in total. The molecule has 1 aromatic rings. The summed E-state index contributed by atoms with van der Waals surface area (Å²) in [5.74, 6) is 0.175. The Hall–Kier alpha value is -1.13. The lowest BCUT2D eigenvalue weighted by molar-refractivity contribution is -0.123. The fourth-order valence-electron chi connectivity index (χ4n) is 2.37. The summed E-state index contributed by atoms with van der Waals surface area (Å²) < 4.78 is 5.38. The maximum absolute atomic E-state index is 12.2. The van der Waals surface area contributed by atoms with Crippen LogP contribution in [0.5, 0.6) is 0 Å². The monoisotopic (exact) mass is 279 g/mol. The van der Waals surface area contributed by atoms with Crippen LogP contribution in [0.3, 0.4) is 0 Å². The van der Waals surface area contributed by atoms with Crippen LogP contribution in [-0.2, 0) is 16.0 Å². The second-order valence-electron chi connectivity index (χ2n) is 5.04. The molecule has 1 aliphatic carbocycles.